The van der Waals surface area contributed by atoms with Gasteiger partial charge in [0.1, 0.15) is 6.10 Å². The molecule has 2 rings (SSSR count). The minimum Gasteiger partial charge on any atom is -0.386 e. The van der Waals surface area contributed by atoms with Crippen molar-refractivity contribution in [3.05, 3.63) is 16.9 Å². The highest BCUT2D eigenvalue weighted by Crippen LogP contribution is 2.34. The SMILES string of the molecule is CC(C)n1ncc(Cl)c1C(O)CSC1CCCC1. The summed E-state index contributed by atoms with van der Waals surface area (Å²) < 4.78 is 1.82. The lowest BCUT2D eigenvalue weighted by Crippen LogP contribution is -2.14. The first-order valence-corrected chi connectivity index (χ1v) is 8.05. The predicted octanol–water partition coefficient (Wildman–Crippen LogP) is 3.83. The molecule has 1 aromatic heterocycles. The lowest BCUT2D eigenvalue weighted by Gasteiger charge is -2.17. The second-order valence-corrected chi connectivity index (χ2v) is 6.91. The largest absolute Gasteiger partial charge is 0.386 e. The summed E-state index contributed by atoms with van der Waals surface area (Å²) in [5.74, 6) is 0.711. The third kappa shape index (κ3) is 3.22. The van der Waals surface area contributed by atoms with E-state index in [1.165, 1.54) is 25.7 Å². The molecule has 0 aliphatic heterocycles. The molecule has 3 nitrogen and oxygen atoms in total. The van der Waals surface area contributed by atoms with Crippen LogP contribution in [0, 0.1) is 0 Å². The van der Waals surface area contributed by atoms with E-state index in [2.05, 4.69) is 5.10 Å². The lowest BCUT2D eigenvalue weighted by atomic mass is 10.2. The summed E-state index contributed by atoms with van der Waals surface area (Å²) in [6, 6.07) is 0.221. The number of rotatable bonds is 5. The van der Waals surface area contributed by atoms with Crippen molar-refractivity contribution in [3.63, 3.8) is 0 Å². The smallest absolute Gasteiger partial charge is 0.106 e. The molecular formula is C13H21ClN2OS. The summed E-state index contributed by atoms with van der Waals surface area (Å²) in [5, 5.41) is 15.8. The van der Waals surface area contributed by atoms with Crippen molar-refractivity contribution in [2.24, 2.45) is 0 Å². The molecule has 0 aromatic carbocycles. The lowest BCUT2D eigenvalue weighted by molar-refractivity contribution is 0.189. The number of thioether (sulfide) groups is 1. The van der Waals surface area contributed by atoms with Crippen molar-refractivity contribution >= 4 is 23.4 Å². The molecule has 1 aliphatic rings. The van der Waals surface area contributed by atoms with Crippen LogP contribution >= 0.6 is 23.4 Å². The van der Waals surface area contributed by atoms with E-state index in [4.69, 9.17) is 11.6 Å². The van der Waals surface area contributed by atoms with Crippen LogP contribution < -0.4 is 0 Å². The van der Waals surface area contributed by atoms with Crippen LogP contribution in [-0.4, -0.2) is 25.9 Å². The number of halogens is 1. The number of aliphatic hydroxyl groups excluding tert-OH is 1. The number of aromatic nitrogens is 2. The molecule has 1 aromatic rings. The Balaban J connectivity index is 1.98. The number of aliphatic hydroxyl groups is 1. The molecule has 1 aliphatic carbocycles. The first-order chi connectivity index (χ1) is 8.59. The number of hydrogen-bond donors (Lipinski definition) is 1. The maximum absolute atomic E-state index is 10.3. The Morgan fingerprint density at radius 3 is 2.78 bits per heavy atom. The van der Waals surface area contributed by atoms with E-state index in [0.29, 0.717) is 16.0 Å². The van der Waals surface area contributed by atoms with Crippen molar-refractivity contribution in [1.29, 1.82) is 0 Å². The van der Waals surface area contributed by atoms with Gasteiger partial charge in [0.15, 0.2) is 0 Å². The first kappa shape index (κ1) is 14.2. The van der Waals surface area contributed by atoms with Gasteiger partial charge in [0, 0.05) is 17.0 Å². The monoisotopic (exact) mass is 288 g/mol. The summed E-state index contributed by atoms with van der Waals surface area (Å²) in [5.41, 5.74) is 0.761. The van der Waals surface area contributed by atoms with Crippen molar-refractivity contribution in [2.75, 3.05) is 5.75 Å². The van der Waals surface area contributed by atoms with Gasteiger partial charge in [-0.25, -0.2) is 0 Å². The van der Waals surface area contributed by atoms with E-state index in [1.807, 2.05) is 30.3 Å². The zero-order valence-electron chi connectivity index (χ0n) is 11.0. The fraction of sp³-hybridized carbons (Fsp3) is 0.769. The maximum Gasteiger partial charge on any atom is 0.106 e. The molecule has 0 radical (unpaired) electrons. The molecule has 0 saturated heterocycles. The Morgan fingerprint density at radius 1 is 1.50 bits per heavy atom. The van der Waals surface area contributed by atoms with Gasteiger partial charge in [-0.15, -0.1) is 0 Å². The summed E-state index contributed by atoms with van der Waals surface area (Å²) in [7, 11) is 0. The van der Waals surface area contributed by atoms with Crippen LogP contribution in [0.1, 0.15) is 57.4 Å². The molecule has 1 fully saturated rings. The first-order valence-electron chi connectivity index (χ1n) is 6.62. The van der Waals surface area contributed by atoms with E-state index in [1.54, 1.807) is 6.20 Å². The predicted molar refractivity (Wildman–Crippen MR) is 77.3 cm³/mol. The van der Waals surface area contributed by atoms with Gasteiger partial charge in [-0.2, -0.15) is 16.9 Å². The minimum atomic E-state index is -0.520. The van der Waals surface area contributed by atoms with Crippen LogP contribution in [0.5, 0.6) is 0 Å². The van der Waals surface area contributed by atoms with Crippen LogP contribution in [0.2, 0.25) is 5.02 Å². The molecule has 1 atom stereocenters. The maximum atomic E-state index is 10.3. The van der Waals surface area contributed by atoms with Gasteiger partial charge in [0.25, 0.3) is 0 Å². The quantitative estimate of drug-likeness (QED) is 0.895. The third-order valence-corrected chi connectivity index (χ3v) is 5.13. The van der Waals surface area contributed by atoms with E-state index >= 15 is 0 Å². The molecule has 0 amide bonds. The van der Waals surface area contributed by atoms with Crippen LogP contribution in [0.15, 0.2) is 6.20 Å². The van der Waals surface area contributed by atoms with Crippen molar-refractivity contribution < 1.29 is 5.11 Å². The highest BCUT2D eigenvalue weighted by Gasteiger charge is 2.22. The van der Waals surface area contributed by atoms with E-state index in [-0.39, 0.29) is 6.04 Å². The van der Waals surface area contributed by atoms with Gasteiger partial charge in [0.05, 0.1) is 16.9 Å². The fourth-order valence-electron chi connectivity index (χ4n) is 2.44. The molecular weight excluding hydrogens is 268 g/mol. The highest BCUT2D eigenvalue weighted by molar-refractivity contribution is 7.99. The second kappa shape index (κ2) is 6.31. The second-order valence-electron chi connectivity index (χ2n) is 5.17. The molecule has 18 heavy (non-hydrogen) atoms. The molecule has 1 heterocycles. The number of nitrogens with zero attached hydrogens (tertiary/aromatic N) is 2. The Morgan fingerprint density at radius 2 is 2.17 bits per heavy atom. The van der Waals surface area contributed by atoms with Gasteiger partial charge in [-0.1, -0.05) is 24.4 Å². The standard InChI is InChI=1S/C13H21ClN2OS/c1-9(2)16-13(11(14)7-15-16)12(17)8-18-10-5-3-4-6-10/h7,9-10,12,17H,3-6,8H2,1-2H3. The average Bonchev–Trinajstić information content (AvgIpc) is 2.94. The average molecular weight is 289 g/mol. The highest BCUT2D eigenvalue weighted by atomic mass is 35.5. The molecule has 1 saturated carbocycles. The Hall–Kier alpha value is -0.190. The van der Waals surface area contributed by atoms with Gasteiger partial charge in [-0.3, -0.25) is 4.68 Å². The summed E-state index contributed by atoms with van der Waals surface area (Å²) >= 11 is 8.00. The molecule has 1 N–H and O–H groups in total. The number of hydrogen-bond acceptors (Lipinski definition) is 3. The Kier molecular flexibility index (Phi) is 4.98. The zero-order valence-corrected chi connectivity index (χ0v) is 12.5. The molecule has 5 heteroatoms. The molecule has 0 bridgehead atoms. The molecule has 1 unspecified atom stereocenters. The van der Waals surface area contributed by atoms with Gasteiger partial charge in [-0.05, 0) is 26.7 Å². The Labute approximate surface area is 118 Å². The topological polar surface area (TPSA) is 38.0 Å². The fourth-order valence-corrected chi connectivity index (χ4v) is 3.97. The summed E-state index contributed by atoms with van der Waals surface area (Å²) in [6.07, 6.45) is 6.34. The van der Waals surface area contributed by atoms with E-state index in [0.717, 1.165) is 5.69 Å². The van der Waals surface area contributed by atoms with Gasteiger partial charge >= 0.3 is 0 Å². The van der Waals surface area contributed by atoms with Crippen LogP contribution in [0.3, 0.4) is 0 Å². The van der Waals surface area contributed by atoms with E-state index < -0.39 is 6.10 Å². The van der Waals surface area contributed by atoms with Gasteiger partial charge < -0.3 is 5.11 Å². The van der Waals surface area contributed by atoms with Crippen molar-refractivity contribution in [3.8, 4) is 0 Å². The van der Waals surface area contributed by atoms with Crippen LogP contribution in [-0.2, 0) is 0 Å². The van der Waals surface area contributed by atoms with Crippen molar-refractivity contribution in [2.45, 2.75) is 56.9 Å². The van der Waals surface area contributed by atoms with Gasteiger partial charge in [0.2, 0.25) is 0 Å². The summed E-state index contributed by atoms with van der Waals surface area (Å²) in [4.78, 5) is 0. The Bertz CT molecular complexity index is 388. The van der Waals surface area contributed by atoms with Crippen molar-refractivity contribution in [1.82, 2.24) is 9.78 Å². The zero-order chi connectivity index (χ0) is 13.1. The minimum absolute atomic E-state index is 0.221. The van der Waals surface area contributed by atoms with E-state index in [9.17, 15) is 5.11 Å². The molecule has 102 valence electrons. The van der Waals surface area contributed by atoms with Crippen LogP contribution in [0.4, 0.5) is 0 Å². The van der Waals surface area contributed by atoms with Crippen LogP contribution in [0.25, 0.3) is 0 Å². The normalized spacial score (nSPS) is 18.7. The molecule has 0 spiro atoms. The summed E-state index contributed by atoms with van der Waals surface area (Å²) in [6.45, 7) is 4.09. The third-order valence-electron chi connectivity index (χ3n) is 3.38.